The summed E-state index contributed by atoms with van der Waals surface area (Å²) in [5, 5.41) is 16.9. The van der Waals surface area contributed by atoms with E-state index in [-0.39, 0.29) is 18.6 Å². The molecule has 0 spiro atoms. The maximum atomic E-state index is 9.65. The molecule has 0 saturated heterocycles. The van der Waals surface area contributed by atoms with E-state index in [1.54, 1.807) is 12.4 Å². The highest BCUT2D eigenvalue weighted by atomic mass is 35.5. The molecule has 0 unspecified atom stereocenters. The first-order valence-corrected chi connectivity index (χ1v) is 9.54. The van der Waals surface area contributed by atoms with Crippen LogP contribution < -0.4 is 10.6 Å². The topological polar surface area (TPSA) is 83.0 Å². The highest BCUT2D eigenvalue weighted by Gasteiger charge is 2.15. The second-order valence-electron chi connectivity index (χ2n) is 6.96. The van der Waals surface area contributed by atoms with E-state index in [4.69, 9.17) is 11.6 Å². The summed E-state index contributed by atoms with van der Waals surface area (Å²) in [5.41, 5.74) is 3.55. The number of aryl methyl sites for hydroxylation is 1. The van der Waals surface area contributed by atoms with E-state index in [0.29, 0.717) is 11.8 Å². The van der Waals surface area contributed by atoms with E-state index in [1.807, 2.05) is 57.2 Å². The zero-order valence-electron chi connectivity index (χ0n) is 16.1. The van der Waals surface area contributed by atoms with Gasteiger partial charge in [0.2, 0.25) is 5.95 Å². The van der Waals surface area contributed by atoms with Crippen molar-refractivity contribution in [3.8, 4) is 11.3 Å². The average Bonchev–Trinajstić information content (AvgIpc) is 2.69. The summed E-state index contributed by atoms with van der Waals surface area (Å²) in [6.07, 6.45) is 3.45. The molecule has 0 saturated carbocycles. The second-order valence-corrected chi connectivity index (χ2v) is 7.37. The minimum absolute atomic E-state index is 0.000345. The summed E-state index contributed by atoms with van der Waals surface area (Å²) in [6, 6.07) is 11.3. The summed E-state index contributed by atoms with van der Waals surface area (Å²) < 4.78 is 0. The number of hydrogen-bond acceptors (Lipinski definition) is 6. The number of rotatable bonds is 7. The molecule has 0 aliphatic heterocycles. The monoisotopic (exact) mass is 397 g/mol. The zero-order valence-corrected chi connectivity index (χ0v) is 16.9. The smallest absolute Gasteiger partial charge is 0.225 e. The van der Waals surface area contributed by atoms with Gasteiger partial charge >= 0.3 is 0 Å². The third-order valence-electron chi connectivity index (χ3n) is 4.45. The molecule has 3 aromatic rings. The van der Waals surface area contributed by atoms with E-state index in [2.05, 4.69) is 25.6 Å². The Morgan fingerprint density at radius 1 is 1.07 bits per heavy atom. The summed E-state index contributed by atoms with van der Waals surface area (Å²) >= 11 is 6.12. The minimum Gasteiger partial charge on any atom is -0.394 e. The molecule has 0 bridgehead atoms. The quantitative estimate of drug-likeness (QED) is 0.537. The number of aliphatic hydroxyl groups is 1. The summed E-state index contributed by atoms with van der Waals surface area (Å²) in [4.78, 5) is 13.3. The average molecular weight is 398 g/mol. The lowest BCUT2D eigenvalue weighted by atomic mass is 10.1. The molecule has 0 aliphatic rings. The van der Waals surface area contributed by atoms with Gasteiger partial charge in [0.25, 0.3) is 0 Å². The van der Waals surface area contributed by atoms with Crippen molar-refractivity contribution in [3.05, 3.63) is 59.4 Å². The minimum atomic E-state index is -0.140. The van der Waals surface area contributed by atoms with Gasteiger partial charge in [0.05, 0.1) is 18.3 Å². The van der Waals surface area contributed by atoms with Gasteiger partial charge in [0.1, 0.15) is 5.82 Å². The van der Waals surface area contributed by atoms with Gasteiger partial charge in [-0.2, -0.15) is 4.98 Å². The van der Waals surface area contributed by atoms with E-state index in [9.17, 15) is 5.11 Å². The van der Waals surface area contributed by atoms with Crippen LogP contribution in [0.15, 0.2) is 48.8 Å². The SMILES string of the molecule is Cc1cc(Nc2cc(-c3ccncc3)nc(N[C@H](CO)C(C)C)n2)ccc1Cl. The van der Waals surface area contributed by atoms with E-state index in [1.165, 1.54) is 0 Å². The first-order chi connectivity index (χ1) is 13.5. The molecule has 0 amide bonds. The van der Waals surface area contributed by atoms with Gasteiger partial charge in [-0.15, -0.1) is 0 Å². The van der Waals surface area contributed by atoms with Crippen molar-refractivity contribution in [2.24, 2.45) is 5.92 Å². The number of anilines is 3. The van der Waals surface area contributed by atoms with Crippen LogP contribution in [0.25, 0.3) is 11.3 Å². The number of aliphatic hydroxyl groups excluding tert-OH is 1. The molecule has 3 rings (SSSR count). The lowest BCUT2D eigenvalue weighted by Gasteiger charge is -2.20. The van der Waals surface area contributed by atoms with Gasteiger partial charge in [0, 0.05) is 34.7 Å². The molecule has 2 aromatic heterocycles. The molecule has 6 nitrogen and oxygen atoms in total. The maximum absolute atomic E-state index is 9.65. The largest absolute Gasteiger partial charge is 0.394 e. The normalized spacial score (nSPS) is 12.1. The van der Waals surface area contributed by atoms with Crippen molar-refractivity contribution in [3.63, 3.8) is 0 Å². The van der Waals surface area contributed by atoms with Crippen molar-refractivity contribution < 1.29 is 5.11 Å². The zero-order chi connectivity index (χ0) is 20.1. The van der Waals surface area contributed by atoms with Gasteiger partial charge in [-0.1, -0.05) is 25.4 Å². The molecule has 1 atom stereocenters. The Morgan fingerprint density at radius 3 is 2.46 bits per heavy atom. The van der Waals surface area contributed by atoms with Crippen molar-refractivity contribution in [1.82, 2.24) is 15.0 Å². The van der Waals surface area contributed by atoms with Crippen LogP contribution in [0.4, 0.5) is 17.5 Å². The first kappa shape index (κ1) is 20.0. The lowest BCUT2D eigenvalue weighted by molar-refractivity contribution is 0.248. The Bertz CT molecular complexity index is 933. The van der Waals surface area contributed by atoms with E-state index in [0.717, 1.165) is 27.5 Å². The van der Waals surface area contributed by atoms with Crippen LogP contribution >= 0.6 is 11.6 Å². The van der Waals surface area contributed by atoms with Crippen molar-refractivity contribution >= 4 is 29.1 Å². The predicted octanol–water partition coefficient (Wildman–Crippen LogP) is 4.67. The van der Waals surface area contributed by atoms with E-state index >= 15 is 0 Å². The fraction of sp³-hybridized carbons (Fsp3) is 0.286. The Morgan fingerprint density at radius 2 is 1.82 bits per heavy atom. The molecular weight excluding hydrogens is 374 g/mol. The van der Waals surface area contributed by atoms with Crippen LogP contribution in [0.1, 0.15) is 19.4 Å². The number of nitrogens with one attached hydrogen (secondary N) is 2. The van der Waals surface area contributed by atoms with Crippen molar-refractivity contribution in [2.75, 3.05) is 17.2 Å². The number of aromatic nitrogens is 3. The molecule has 7 heteroatoms. The molecule has 2 heterocycles. The van der Waals surface area contributed by atoms with Crippen molar-refractivity contribution in [2.45, 2.75) is 26.8 Å². The van der Waals surface area contributed by atoms with Crippen molar-refractivity contribution in [1.29, 1.82) is 0 Å². The van der Waals surface area contributed by atoms with Crippen LogP contribution in [0.3, 0.4) is 0 Å². The first-order valence-electron chi connectivity index (χ1n) is 9.16. The van der Waals surface area contributed by atoms with Gasteiger partial charge in [0.15, 0.2) is 0 Å². The van der Waals surface area contributed by atoms with Crippen LogP contribution in [0, 0.1) is 12.8 Å². The van der Waals surface area contributed by atoms with Gasteiger partial charge in [-0.25, -0.2) is 4.98 Å². The third kappa shape index (κ3) is 4.97. The number of hydrogen-bond donors (Lipinski definition) is 3. The molecule has 1 aromatic carbocycles. The predicted molar refractivity (Wildman–Crippen MR) is 114 cm³/mol. The molecule has 146 valence electrons. The second kappa shape index (κ2) is 8.99. The summed E-state index contributed by atoms with van der Waals surface area (Å²) in [5.74, 6) is 1.33. The van der Waals surface area contributed by atoms with Gasteiger partial charge in [-0.05, 0) is 48.7 Å². The lowest BCUT2D eigenvalue weighted by Crippen LogP contribution is -2.30. The molecule has 0 aliphatic carbocycles. The van der Waals surface area contributed by atoms with Crippen LogP contribution in [0.2, 0.25) is 5.02 Å². The molecule has 0 fully saturated rings. The highest BCUT2D eigenvalue weighted by molar-refractivity contribution is 6.31. The van der Waals surface area contributed by atoms with E-state index < -0.39 is 0 Å². The molecule has 3 N–H and O–H groups in total. The van der Waals surface area contributed by atoms with Crippen LogP contribution in [0.5, 0.6) is 0 Å². The Hall–Kier alpha value is -2.70. The van der Waals surface area contributed by atoms with Gasteiger partial charge < -0.3 is 15.7 Å². The molecular formula is C21H24ClN5O. The molecule has 0 radical (unpaired) electrons. The number of pyridine rings is 1. The number of halogens is 1. The third-order valence-corrected chi connectivity index (χ3v) is 4.87. The Kier molecular flexibility index (Phi) is 6.44. The Labute approximate surface area is 170 Å². The Balaban J connectivity index is 1.97. The maximum Gasteiger partial charge on any atom is 0.225 e. The molecule has 28 heavy (non-hydrogen) atoms. The summed E-state index contributed by atoms with van der Waals surface area (Å²) in [7, 11) is 0. The highest BCUT2D eigenvalue weighted by Crippen LogP contribution is 2.26. The fourth-order valence-electron chi connectivity index (χ4n) is 2.71. The van der Waals surface area contributed by atoms with Crippen LogP contribution in [-0.2, 0) is 0 Å². The number of benzene rings is 1. The van der Waals surface area contributed by atoms with Gasteiger partial charge in [-0.3, -0.25) is 4.98 Å². The summed E-state index contributed by atoms with van der Waals surface area (Å²) in [6.45, 7) is 6.03. The fourth-order valence-corrected chi connectivity index (χ4v) is 2.82. The number of nitrogens with zero attached hydrogens (tertiary/aromatic N) is 3. The standard InChI is InChI=1S/C21H24ClN5O/c1-13(2)19(12-28)26-21-25-18(15-6-8-23-9-7-15)11-20(27-21)24-16-4-5-17(22)14(3)10-16/h4-11,13,19,28H,12H2,1-3H3,(H2,24,25,26,27)/t19-/m1/s1. The van der Waals surface area contributed by atoms with Crippen LogP contribution in [-0.4, -0.2) is 32.7 Å².